The predicted octanol–water partition coefficient (Wildman–Crippen LogP) is -0.0179. The molecule has 5 nitrogen and oxygen atoms in total. The third kappa shape index (κ3) is 1.47. The number of aromatic nitrogens is 3. The van der Waals surface area contributed by atoms with Crippen LogP contribution in [-0.4, -0.2) is 33.1 Å². The summed E-state index contributed by atoms with van der Waals surface area (Å²) in [6, 6.07) is 0. The molecular formula is C9H12N4O. The third-order valence-corrected chi connectivity index (χ3v) is 2.08. The van der Waals surface area contributed by atoms with Crippen molar-refractivity contribution < 1.29 is 5.11 Å². The van der Waals surface area contributed by atoms with E-state index in [4.69, 9.17) is 0 Å². The summed E-state index contributed by atoms with van der Waals surface area (Å²) in [7, 11) is 1.80. The van der Waals surface area contributed by atoms with Gasteiger partial charge in [-0.3, -0.25) is 9.38 Å². The highest BCUT2D eigenvalue weighted by atomic mass is 16.3. The quantitative estimate of drug-likeness (QED) is 0.717. The fourth-order valence-electron chi connectivity index (χ4n) is 1.41. The molecule has 0 fully saturated rings. The standard InChI is InChI=1S/C9H12N4O/c1-10-5-8(14)7-4-12-9-6-11-2-3-13(7)9/h2-4,6,8,10,14H,5H2,1H3. The van der Waals surface area contributed by atoms with Crippen LogP contribution in [-0.2, 0) is 0 Å². The molecule has 14 heavy (non-hydrogen) atoms. The lowest BCUT2D eigenvalue weighted by molar-refractivity contribution is 0.172. The van der Waals surface area contributed by atoms with Crippen LogP contribution in [0.15, 0.2) is 24.8 Å². The fraction of sp³-hybridized carbons (Fsp3) is 0.333. The molecule has 1 unspecified atom stereocenters. The summed E-state index contributed by atoms with van der Waals surface area (Å²) in [6.07, 6.45) is 6.24. The molecule has 5 heteroatoms. The van der Waals surface area contributed by atoms with E-state index >= 15 is 0 Å². The predicted molar refractivity (Wildman–Crippen MR) is 51.9 cm³/mol. The second-order valence-corrected chi connectivity index (χ2v) is 3.06. The van der Waals surface area contributed by atoms with Crippen LogP contribution in [0, 0.1) is 0 Å². The minimum absolute atomic E-state index is 0.510. The molecule has 1 atom stereocenters. The van der Waals surface area contributed by atoms with Gasteiger partial charge in [0, 0.05) is 18.9 Å². The number of rotatable bonds is 3. The summed E-state index contributed by atoms with van der Waals surface area (Å²) in [6.45, 7) is 0.510. The number of nitrogens with zero attached hydrogens (tertiary/aromatic N) is 3. The fourth-order valence-corrected chi connectivity index (χ4v) is 1.41. The maximum Gasteiger partial charge on any atom is 0.155 e. The van der Waals surface area contributed by atoms with Crippen molar-refractivity contribution in [1.29, 1.82) is 0 Å². The van der Waals surface area contributed by atoms with E-state index in [1.165, 1.54) is 0 Å². The van der Waals surface area contributed by atoms with Gasteiger partial charge in [-0.1, -0.05) is 0 Å². The molecule has 0 saturated carbocycles. The molecule has 0 saturated heterocycles. The molecule has 0 spiro atoms. The zero-order valence-corrected chi connectivity index (χ0v) is 7.88. The van der Waals surface area contributed by atoms with Crippen LogP contribution in [0.2, 0.25) is 0 Å². The first-order valence-electron chi connectivity index (χ1n) is 4.42. The maximum absolute atomic E-state index is 9.76. The molecule has 2 heterocycles. The highest BCUT2D eigenvalue weighted by Gasteiger charge is 2.11. The van der Waals surface area contributed by atoms with Gasteiger partial charge in [-0.2, -0.15) is 0 Å². The molecule has 2 rings (SSSR count). The van der Waals surface area contributed by atoms with E-state index < -0.39 is 6.10 Å². The summed E-state index contributed by atoms with van der Waals surface area (Å²) in [5, 5.41) is 12.7. The summed E-state index contributed by atoms with van der Waals surface area (Å²) in [5.41, 5.74) is 1.52. The Morgan fingerprint density at radius 2 is 2.43 bits per heavy atom. The van der Waals surface area contributed by atoms with Gasteiger partial charge in [0.2, 0.25) is 0 Å². The van der Waals surface area contributed by atoms with Crippen molar-refractivity contribution >= 4 is 5.65 Å². The van der Waals surface area contributed by atoms with Crippen LogP contribution >= 0.6 is 0 Å². The first-order valence-corrected chi connectivity index (χ1v) is 4.42. The molecular weight excluding hydrogens is 180 g/mol. The van der Waals surface area contributed by atoms with Gasteiger partial charge >= 0.3 is 0 Å². The molecule has 0 aliphatic heterocycles. The Morgan fingerprint density at radius 3 is 3.21 bits per heavy atom. The Hall–Kier alpha value is -1.46. The van der Waals surface area contributed by atoms with E-state index in [-0.39, 0.29) is 0 Å². The van der Waals surface area contributed by atoms with Crippen LogP contribution in [0.25, 0.3) is 5.65 Å². The third-order valence-electron chi connectivity index (χ3n) is 2.08. The SMILES string of the molecule is CNCC(O)c1cnc2cnccn12. The largest absolute Gasteiger partial charge is 0.385 e. The smallest absolute Gasteiger partial charge is 0.155 e. The second-order valence-electron chi connectivity index (χ2n) is 3.06. The molecule has 0 bridgehead atoms. The Labute approximate surface area is 81.4 Å². The number of likely N-dealkylation sites (N-methyl/N-ethyl adjacent to an activating group) is 1. The van der Waals surface area contributed by atoms with Crippen molar-refractivity contribution in [3.05, 3.63) is 30.5 Å². The number of hydrogen-bond donors (Lipinski definition) is 2. The first kappa shape index (κ1) is 9.11. The van der Waals surface area contributed by atoms with E-state index in [9.17, 15) is 5.11 Å². The molecule has 0 aliphatic rings. The Balaban J connectivity index is 2.42. The first-order chi connectivity index (χ1) is 6.83. The van der Waals surface area contributed by atoms with Crippen molar-refractivity contribution in [1.82, 2.24) is 19.7 Å². The number of aliphatic hydroxyl groups is 1. The minimum Gasteiger partial charge on any atom is -0.385 e. The van der Waals surface area contributed by atoms with Gasteiger partial charge in [-0.15, -0.1) is 0 Å². The van der Waals surface area contributed by atoms with Crippen LogP contribution in [0.4, 0.5) is 0 Å². The van der Waals surface area contributed by atoms with Gasteiger partial charge in [0.1, 0.15) is 6.10 Å². The van der Waals surface area contributed by atoms with Crippen molar-refractivity contribution in [2.24, 2.45) is 0 Å². The van der Waals surface area contributed by atoms with Crippen LogP contribution < -0.4 is 5.32 Å². The van der Waals surface area contributed by atoms with Gasteiger partial charge in [-0.25, -0.2) is 4.98 Å². The summed E-state index contributed by atoms with van der Waals surface area (Å²) < 4.78 is 1.83. The van der Waals surface area contributed by atoms with E-state index in [0.717, 1.165) is 11.3 Å². The molecule has 0 amide bonds. The second kappa shape index (κ2) is 3.73. The van der Waals surface area contributed by atoms with Crippen LogP contribution in [0.3, 0.4) is 0 Å². The van der Waals surface area contributed by atoms with Gasteiger partial charge in [0.05, 0.1) is 18.1 Å². The van der Waals surface area contributed by atoms with E-state index in [1.54, 1.807) is 31.8 Å². The number of hydrogen-bond acceptors (Lipinski definition) is 4. The summed E-state index contributed by atoms with van der Waals surface area (Å²) in [4.78, 5) is 8.09. The van der Waals surface area contributed by atoms with Crippen molar-refractivity contribution in [3.8, 4) is 0 Å². The zero-order valence-electron chi connectivity index (χ0n) is 7.88. The van der Waals surface area contributed by atoms with Crippen molar-refractivity contribution in [2.75, 3.05) is 13.6 Å². The Kier molecular flexibility index (Phi) is 2.43. The maximum atomic E-state index is 9.76. The van der Waals surface area contributed by atoms with Crippen molar-refractivity contribution in [2.45, 2.75) is 6.10 Å². The number of nitrogens with one attached hydrogen (secondary N) is 1. The lowest BCUT2D eigenvalue weighted by Crippen LogP contribution is -2.17. The summed E-state index contributed by atoms with van der Waals surface area (Å²) >= 11 is 0. The molecule has 2 aromatic heterocycles. The normalized spacial score (nSPS) is 13.3. The molecule has 0 aromatic carbocycles. The van der Waals surface area contributed by atoms with E-state index in [2.05, 4.69) is 15.3 Å². The lowest BCUT2D eigenvalue weighted by Gasteiger charge is -2.08. The average Bonchev–Trinajstić information content (AvgIpc) is 2.61. The highest BCUT2D eigenvalue weighted by Crippen LogP contribution is 2.13. The molecule has 0 radical (unpaired) electrons. The monoisotopic (exact) mass is 192 g/mol. The van der Waals surface area contributed by atoms with Crippen molar-refractivity contribution in [3.63, 3.8) is 0 Å². The van der Waals surface area contributed by atoms with Gasteiger partial charge in [-0.05, 0) is 7.05 Å². The van der Waals surface area contributed by atoms with Gasteiger partial charge in [0.25, 0.3) is 0 Å². The molecule has 2 N–H and O–H groups in total. The van der Waals surface area contributed by atoms with Gasteiger partial charge in [0.15, 0.2) is 5.65 Å². The van der Waals surface area contributed by atoms with E-state index in [0.29, 0.717) is 6.54 Å². The van der Waals surface area contributed by atoms with E-state index in [1.807, 2.05) is 4.40 Å². The average molecular weight is 192 g/mol. The number of fused-ring (bicyclic) bond motifs is 1. The number of imidazole rings is 1. The molecule has 2 aromatic rings. The molecule has 74 valence electrons. The van der Waals surface area contributed by atoms with Crippen LogP contribution in [0.5, 0.6) is 0 Å². The molecule has 0 aliphatic carbocycles. The minimum atomic E-state index is -0.544. The Bertz CT molecular complexity index is 425. The highest BCUT2D eigenvalue weighted by molar-refractivity contribution is 5.37. The lowest BCUT2D eigenvalue weighted by atomic mass is 10.3. The summed E-state index contributed by atoms with van der Waals surface area (Å²) in [5.74, 6) is 0. The Morgan fingerprint density at radius 1 is 1.57 bits per heavy atom. The zero-order chi connectivity index (χ0) is 9.97. The van der Waals surface area contributed by atoms with Gasteiger partial charge < -0.3 is 10.4 Å². The van der Waals surface area contributed by atoms with Crippen LogP contribution in [0.1, 0.15) is 11.8 Å². The number of aliphatic hydroxyl groups excluding tert-OH is 1. The topological polar surface area (TPSA) is 62.5 Å².